The number of nitrogens with one attached hydrogen (secondary N) is 1. The van der Waals surface area contributed by atoms with Gasteiger partial charge in [0.25, 0.3) is 0 Å². The average molecular weight is 213 g/mol. The van der Waals surface area contributed by atoms with Gasteiger partial charge in [-0.15, -0.1) is 0 Å². The monoisotopic (exact) mass is 213 g/mol. The minimum absolute atomic E-state index is 0.207. The molecule has 0 aromatic heterocycles. The van der Waals surface area contributed by atoms with E-state index in [1.165, 1.54) is 19.3 Å². The van der Waals surface area contributed by atoms with Crippen molar-refractivity contribution in [2.75, 3.05) is 26.3 Å². The highest BCUT2D eigenvalue weighted by atomic mass is 16.6. The van der Waals surface area contributed by atoms with Crippen LogP contribution in [0.5, 0.6) is 0 Å². The fourth-order valence-corrected chi connectivity index (χ4v) is 1.92. The molecule has 1 aliphatic heterocycles. The maximum atomic E-state index is 11.5. The van der Waals surface area contributed by atoms with Crippen LogP contribution in [-0.4, -0.2) is 38.4 Å². The molecule has 0 bridgehead atoms. The van der Waals surface area contributed by atoms with Crippen molar-refractivity contribution in [2.24, 2.45) is 5.92 Å². The van der Waals surface area contributed by atoms with Crippen LogP contribution in [0.4, 0.5) is 0 Å². The summed E-state index contributed by atoms with van der Waals surface area (Å²) in [5, 5.41) is 3.11. The Morgan fingerprint density at radius 1 is 1.47 bits per heavy atom. The Bertz CT molecular complexity index is 210. The lowest BCUT2D eigenvalue weighted by molar-refractivity contribution is -0.159. The van der Waals surface area contributed by atoms with Crippen molar-refractivity contribution in [3.05, 3.63) is 0 Å². The van der Waals surface area contributed by atoms with Gasteiger partial charge in [0, 0.05) is 13.1 Å². The highest BCUT2D eigenvalue weighted by Gasteiger charge is 2.24. The van der Waals surface area contributed by atoms with Crippen LogP contribution in [0.3, 0.4) is 0 Å². The van der Waals surface area contributed by atoms with Gasteiger partial charge in [-0.1, -0.05) is 19.3 Å². The fourth-order valence-electron chi connectivity index (χ4n) is 1.92. The number of rotatable bonds is 4. The van der Waals surface area contributed by atoms with Gasteiger partial charge in [0.15, 0.2) is 6.10 Å². The van der Waals surface area contributed by atoms with Crippen molar-refractivity contribution in [1.82, 2.24) is 5.32 Å². The third-order valence-corrected chi connectivity index (χ3v) is 3.19. The summed E-state index contributed by atoms with van der Waals surface area (Å²) in [7, 11) is 0. The van der Waals surface area contributed by atoms with E-state index < -0.39 is 0 Å². The molecular weight excluding hydrogens is 194 g/mol. The molecule has 0 radical (unpaired) electrons. The lowest BCUT2D eigenvalue weighted by atomic mass is 9.83. The average Bonchev–Trinajstić information content (AvgIpc) is 2.23. The molecule has 86 valence electrons. The standard InChI is InChI=1S/C11H19NO3/c13-11(10-8-12-5-7-14-10)15-6-4-9-2-1-3-9/h9-10,12H,1-8H2. The molecule has 2 fully saturated rings. The molecule has 1 heterocycles. The second kappa shape index (κ2) is 5.47. The van der Waals surface area contributed by atoms with E-state index in [9.17, 15) is 4.79 Å². The zero-order chi connectivity index (χ0) is 10.5. The molecule has 0 aromatic rings. The third kappa shape index (κ3) is 3.18. The molecule has 2 rings (SSSR count). The summed E-state index contributed by atoms with van der Waals surface area (Å²) in [6.07, 6.45) is 4.58. The summed E-state index contributed by atoms with van der Waals surface area (Å²) in [6.45, 7) is 2.57. The van der Waals surface area contributed by atoms with Crippen LogP contribution < -0.4 is 5.32 Å². The summed E-state index contributed by atoms with van der Waals surface area (Å²) in [6, 6.07) is 0. The summed E-state index contributed by atoms with van der Waals surface area (Å²) >= 11 is 0. The Morgan fingerprint density at radius 2 is 2.33 bits per heavy atom. The van der Waals surface area contributed by atoms with Crippen LogP contribution in [0.2, 0.25) is 0 Å². The summed E-state index contributed by atoms with van der Waals surface area (Å²) < 4.78 is 10.5. The van der Waals surface area contributed by atoms with Crippen molar-refractivity contribution in [1.29, 1.82) is 0 Å². The highest BCUT2D eigenvalue weighted by Crippen LogP contribution is 2.29. The molecule has 0 aromatic carbocycles. The number of carbonyl (C=O) groups is 1. The van der Waals surface area contributed by atoms with Gasteiger partial charge in [-0.05, 0) is 12.3 Å². The van der Waals surface area contributed by atoms with Gasteiger partial charge in [-0.25, -0.2) is 4.79 Å². The van der Waals surface area contributed by atoms with E-state index in [1.54, 1.807) is 0 Å². The van der Waals surface area contributed by atoms with Crippen LogP contribution in [0.25, 0.3) is 0 Å². The van der Waals surface area contributed by atoms with Gasteiger partial charge in [0.2, 0.25) is 0 Å². The Labute approximate surface area is 90.3 Å². The lowest BCUT2D eigenvalue weighted by Gasteiger charge is -2.26. The van der Waals surface area contributed by atoms with Crippen LogP contribution in [0.15, 0.2) is 0 Å². The molecule has 1 saturated carbocycles. The lowest BCUT2D eigenvalue weighted by Crippen LogP contribution is -2.44. The van der Waals surface area contributed by atoms with E-state index in [0.717, 1.165) is 18.9 Å². The second-order valence-electron chi connectivity index (χ2n) is 4.32. The molecule has 1 saturated heterocycles. The minimum atomic E-state index is -0.389. The van der Waals surface area contributed by atoms with Crippen molar-refractivity contribution in [3.8, 4) is 0 Å². The summed E-state index contributed by atoms with van der Waals surface area (Å²) in [4.78, 5) is 11.5. The van der Waals surface area contributed by atoms with Gasteiger partial charge in [0.1, 0.15) is 0 Å². The number of esters is 1. The number of hydrogen-bond donors (Lipinski definition) is 1. The van der Waals surface area contributed by atoms with Crippen LogP contribution >= 0.6 is 0 Å². The van der Waals surface area contributed by atoms with E-state index >= 15 is 0 Å². The van der Waals surface area contributed by atoms with E-state index in [2.05, 4.69) is 5.32 Å². The summed E-state index contributed by atoms with van der Waals surface area (Å²) in [5.41, 5.74) is 0. The van der Waals surface area contributed by atoms with Gasteiger partial charge in [-0.3, -0.25) is 0 Å². The van der Waals surface area contributed by atoms with Gasteiger partial charge < -0.3 is 14.8 Å². The zero-order valence-electron chi connectivity index (χ0n) is 9.04. The van der Waals surface area contributed by atoms with Gasteiger partial charge in [-0.2, -0.15) is 0 Å². The molecule has 1 unspecified atom stereocenters. The molecule has 0 spiro atoms. The second-order valence-corrected chi connectivity index (χ2v) is 4.32. The predicted octanol–water partition coefficient (Wildman–Crippen LogP) is 0.708. The largest absolute Gasteiger partial charge is 0.464 e. The smallest absolute Gasteiger partial charge is 0.336 e. The Morgan fingerprint density at radius 3 is 2.93 bits per heavy atom. The zero-order valence-corrected chi connectivity index (χ0v) is 9.04. The van der Waals surface area contributed by atoms with E-state index in [-0.39, 0.29) is 12.1 Å². The van der Waals surface area contributed by atoms with Crippen molar-refractivity contribution in [2.45, 2.75) is 31.8 Å². The number of morpholine rings is 1. The van der Waals surface area contributed by atoms with Gasteiger partial charge in [0.05, 0.1) is 13.2 Å². The molecule has 2 aliphatic rings. The molecule has 15 heavy (non-hydrogen) atoms. The van der Waals surface area contributed by atoms with E-state index in [1.807, 2.05) is 0 Å². The maximum Gasteiger partial charge on any atom is 0.336 e. The van der Waals surface area contributed by atoms with Crippen LogP contribution in [-0.2, 0) is 14.3 Å². The first kappa shape index (κ1) is 10.9. The first-order valence-corrected chi connectivity index (χ1v) is 5.85. The number of ether oxygens (including phenoxy) is 2. The van der Waals surface area contributed by atoms with Crippen molar-refractivity contribution >= 4 is 5.97 Å². The van der Waals surface area contributed by atoms with Gasteiger partial charge >= 0.3 is 5.97 Å². The molecule has 1 N–H and O–H groups in total. The highest BCUT2D eigenvalue weighted by molar-refractivity contribution is 5.75. The first-order valence-electron chi connectivity index (χ1n) is 5.85. The van der Waals surface area contributed by atoms with Crippen LogP contribution in [0, 0.1) is 5.92 Å². The van der Waals surface area contributed by atoms with Crippen molar-refractivity contribution in [3.63, 3.8) is 0 Å². The predicted molar refractivity (Wildman–Crippen MR) is 55.5 cm³/mol. The normalized spacial score (nSPS) is 27.1. The molecule has 1 atom stereocenters. The number of carbonyl (C=O) groups excluding carboxylic acids is 1. The maximum absolute atomic E-state index is 11.5. The molecular formula is C11H19NO3. The Kier molecular flexibility index (Phi) is 3.97. The molecule has 4 heteroatoms. The molecule has 0 amide bonds. The fraction of sp³-hybridized carbons (Fsp3) is 0.909. The number of hydrogen-bond acceptors (Lipinski definition) is 4. The van der Waals surface area contributed by atoms with Crippen LogP contribution in [0.1, 0.15) is 25.7 Å². The van der Waals surface area contributed by atoms with Crippen molar-refractivity contribution < 1.29 is 14.3 Å². The first-order chi connectivity index (χ1) is 7.36. The Balaban J connectivity index is 1.58. The summed E-state index contributed by atoms with van der Waals surface area (Å²) in [5.74, 6) is 0.588. The topological polar surface area (TPSA) is 47.6 Å². The minimum Gasteiger partial charge on any atom is -0.464 e. The quantitative estimate of drug-likeness (QED) is 0.699. The Hall–Kier alpha value is -0.610. The van der Waals surface area contributed by atoms with E-state index in [0.29, 0.717) is 19.8 Å². The van der Waals surface area contributed by atoms with E-state index in [4.69, 9.17) is 9.47 Å². The molecule has 1 aliphatic carbocycles. The molecule has 4 nitrogen and oxygen atoms in total. The SMILES string of the molecule is O=C(OCCC1CCC1)C1CNCCO1. The third-order valence-electron chi connectivity index (χ3n) is 3.19.